The Morgan fingerprint density at radius 2 is 1.54 bits per heavy atom. The van der Waals surface area contributed by atoms with E-state index < -0.39 is 0 Å². The van der Waals surface area contributed by atoms with E-state index >= 15 is 0 Å². The maximum absolute atomic E-state index is 12.7. The van der Waals surface area contributed by atoms with Crippen molar-refractivity contribution in [2.75, 3.05) is 25.1 Å². The zero-order valence-electron chi connectivity index (χ0n) is 15.6. The first-order valence-corrected chi connectivity index (χ1v) is 8.67. The van der Waals surface area contributed by atoms with Crippen molar-refractivity contribution in [3.05, 3.63) is 41.5 Å². The second kappa shape index (κ2) is 8.99. The minimum Gasteiger partial charge on any atom is -0.506 e. The molecule has 0 fully saturated rings. The molecular weight excluding hydrogens is 334 g/mol. The minimum absolute atomic E-state index is 0.00458. The van der Waals surface area contributed by atoms with E-state index in [-0.39, 0.29) is 11.7 Å². The number of hydrogen-bond donors (Lipinski definition) is 2. The number of aryl methyl sites for hydroxylation is 1. The molecule has 0 aliphatic rings. The molecule has 0 heterocycles. The molecule has 0 radical (unpaired) electrons. The summed E-state index contributed by atoms with van der Waals surface area (Å²) >= 11 is 0. The Hall–Kier alpha value is -2.89. The zero-order chi connectivity index (χ0) is 19.1. The molecular formula is C20H25NO5. The zero-order valence-corrected chi connectivity index (χ0v) is 15.6. The summed E-state index contributed by atoms with van der Waals surface area (Å²) in [7, 11) is 0. The van der Waals surface area contributed by atoms with Crippen LogP contribution in [0.15, 0.2) is 30.3 Å². The van der Waals surface area contributed by atoms with Gasteiger partial charge < -0.3 is 24.6 Å². The van der Waals surface area contributed by atoms with Gasteiger partial charge in [-0.1, -0.05) is 6.07 Å². The van der Waals surface area contributed by atoms with Gasteiger partial charge in [0.1, 0.15) is 5.75 Å². The molecule has 0 unspecified atom stereocenters. The van der Waals surface area contributed by atoms with Crippen LogP contribution in [0.5, 0.6) is 23.0 Å². The van der Waals surface area contributed by atoms with Gasteiger partial charge in [0.25, 0.3) is 5.91 Å². The summed E-state index contributed by atoms with van der Waals surface area (Å²) in [6.45, 7) is 8.76. The van der Waals surface area contributed by atoms with Crippen molar-refractivity contribution in [3.8, 4) is 23.0 Å². The number of hydrogen-bond acceptors (Lipinski definition) is 5. The lowest BCUT2D eigenvalue weighted by Gasteiger charge is -2.17. The Labute approximate surface area is 153 Å². The van der Waals surface area contributed by atoms with Gasteiger partial charge in [0.05, 0.1) is 25.5 Å². The highest BCUT2D eigenvalue weighted by atomic mass is 16.5. The molecule has 0 aliphatic carbocycles. The summed E-state index contributed by atoms with van der Waals surface area (Å²) in [5.74, 6) is 0.991. The number of carbonyl (C=O) groups is 1. The standard InChI is InChI=1S/C20H25NO5/c1-5-24-17-11-14(12-18(25-6-2)19(17)26-7-3)20(23)21-15-10-13(4)8-9-16(15)22/h8-12,22H,5-7H2,1-4H3,(H,21,23). The number of benzene rings is 2. The SMILES string of the molecule is CCOc1cc(C(=O)Nc2cc(C)ccc2O)cc(OCC)c1OCC. The molecule has 0 saturated carbocycles. The summed E-state index contributed by atoms with van der Waals surface area (Å²) in [6.07, 6.45) is 0. The largest absolute Gasteiger partial charge is 0.506 e. The van der Waals surface area contributed by atoms with Crippen molar-refractivity contribution in [3.63, 3.8) is 0 Å². The molecule has 2 rings (SSSR count). The number of carbonyl (C=O) groups excluding carboxylic acids is 1. The topological polar surface area (TPSA) is 77.0 Å². The van der Waals surface area contributed by atoms with Crippen LogP contribution in [0.3, 0.4) is 0 Å². The van der Waals surface area contributed by atoms with Gasteiger partial charge in [-0.3, -0.25) is 4.79 Å². The van der Waals surface area contributed by atoms with Crippen LogP contribution in [0, 0.1) is 6.92 Å². The van der Waals surface area contributed by atoms with Crippen molar-refractivity contribution in [1.82, 2.24) is 0 Å². The second-order valence-corrected chi connectivity index (χ2v) is 5.58. The monoisotopic (exact) mass is 359 g/mol. The highest BCUT2D eigenvalue weighted by Gasteiger charge is 2.19. The normalized spacial score (nSPS) is 10.3. The summed E-state index contributed by atoms with van der Waals surface area (Å²) < 4.78 is 16.9. The number of ether oxygens (including phenoxy) is 3. The van der Waals surface area contributed by atoms with E-state index in [4.69, 9.17) is 14.2 Å². The van der Waals surface area contributed by atoms with Crippen LogP contribution >= 0.6 is 0 Å². The molecule has 0 bridgehead atoms. The minimum atomic E-state index is -0.379. The Bertz CT molecular complexity index is 746. The van der Waals surface area contributed by atoms with Crippen LogP contribution in [0.2, 0.25) is 0 Å². The van der Waals surface area contributed by atoms with Crippen molar-refractivity contribution < 1.29 is 24.1 Å². The van der Waals surface area contributed by atoms with Crippen LogP contribution in [0.4, 0.5) is 5.69 Å². The molecule has 0 spiro atoms. The molecule has 0 aromatic heterocycles. The first-order valence-electron chi connectivity index (χ1n) is 8.67. The fraction of sp³-hybridized carbons (Fsp3) is 0.350. The first kappa shape index (κ1) is 19.4. The number of phenolic OH excluding ortho intramolecular Hbond substituents is 1. The molecule has 6 heteroatoms. The molecule has 140 valence electrons. The fourth-order valence-electron chi connectivity index (χ4n) is 2.46. The molecule has 2 aromatic rings. The number of anilines is 1. The van der Waals surface area contributed by atoms with Gasteiger partial charge in [0.2, 0.25) is 5.75 Å². The van der Waals surface area contributed by atoms with Crippen LogP contribution in [0.25, 0.3) is 0 Å². The molecule has 0 aliphatic heterocycles. The van der Waals surface area contributed by atoms with E-state index in [9.17, 15) is 9.90 Å². The van der Waals surface area contributed by atoms with Crippen LogP contribution in [0.1, 0.15) is 36.7 Å². The molecule has 2 aromatic carbocycles. The Balaban J connectivity index is 2.40. The van der Waals surface area contributed by atoms with Gasteiger partial charge in [-0.15, -0.1) is 0 Å². The molecule has 0 atom stereocenters. The van der Waals surface area contributed by atoms with E-state index in [2.05, 4.69) is 5.32 Å². The Kier molecular flexibility index (Phi) is 6.72. The molecule has 26 heavy (non-hydrogen) atoms. The van der Waals surface area contributed by atoms with Gasteiger partial charge in [-0.05, 0) is 57.5 Å². The van der Waals surface area contributed by atoms with Crippen molar-refractivity contribution in [1.29, 1.82) is 0 Å². The van der Waals surface area contributed by atoms with E-state index in [1.807, 2.05) is 27.7 Å². The van der Waals surface area contributed by atoms with Gasteiger partial charge in [0, 0.05) is 5.56 Å². The smallest absolute Gasteiger partial charge is 0.256 e. The van der Waals surface area contributed by atoms with Crippen LogP contribution in [-0.2, 0) is 0 Å². The lowest BCUT2D eigenvalue weighted by molar-refractivity contribution is 0.102. The van der Waals surface area contributed by atoms with Gasteiger partial charge in [-0.2, -0.15) is 0 Å². The average molecular weight is 359 g/mol. The van der Waals surface area contributed by atoms with Gasteiger partial charge >= 0.3 is 0 Å². The number of amides is 1. The van der Waals surface area contributed by atoms with E-state index in [1.54, 1.807) is 30.3 Å². The van der Waals surface area contributed by atoms with Gasteiger partial charge in [0.15, 0.2) is 11.5 Å². The van der Waals surface area contributed by atoms with Crippen LogP contribution in [-0.4, -0.2) is 30.8 Å². The number of nitrogens with one attached hydrogen (secondary N) is 1. The van der Waals surface area contributed by atoms with E-state index in [0.29, 0.717) is 48.3 Å². The lowest BCUT2D eigenvalue weighted by atomic mass is 10.1. The molecule has 1 amide bonds. The summed E-state index contributed by atoms with van der Waals surface area (Å²) in [4.78, 5) is 12.7. The lowest BCUT2D eigenvalue weighted by Crippen LogP contribution is -2.13. The fourth-order valence-corrected chi connectivity index (χ4v) is 2.46. The first-order chi connectivity index (χ1) is 12.5. The highest BCUT2D eigenvalue weighted by Crippen LogP contribution is 2.39. The number of phenols is 1. The van der Waals surface area contributed by atoms with E-state index in [1.165, 1.54) is 0 Å². The molecule has 6 nitrogen and oxygen atoms in total. The Morgan fingerprint density at radius 1 is 0.962 bits per heavy atom. The summed E-state index contributed by atoms with van der Waals surface area (Å²) in [5, 5.41) is 12.7. The third-order valence-electron chi connectivity index (χ3n) is 3.57. The third-order valence-corrected chi connectivity index (χ3v) is 3.57. The summed E-state index contributed by atoms with van der Waals surface area (Å²) in [6, 6.07) is 8.23. The number of rotatable bonds is 8. The van der Waals surface area contributed by atoms with E-state index in [0.717, 1.165) is 5.56 Å². The number of aromatic hydroxyl groups is 1. The van der Waals surface area contributed by atoms with Gasteiger partial charge in [-0.25, -0.2) is 0 Å². The Morgan fingerprint density at radius 3 is 2.08 bits per heavy atom. The maximum atomic E-state index is 12.7. The molecule has 0 saturated heterocycles. The maximum Gasteiger partial charge on any atom is 0.256 e. The van der Waals surface area contributed by atoms with Crippen molar-refractivity contribution in [2.24, 2.45) is 0 Å². The highest BCUT2D eigenvalue weighted by molar-refractivity contribution is 6.05. The predicted octanol–water partition coefficient (Wildman–Crippen LogP) is 4.15. The second-order valence-electron chi connectivity index (χ2n) is 5.58. The van der Waals surface area contributed by atoms with Crippen molar-refractivity contribution in [2.45, 2.75) is 27.7 Å². The van der Waals surface area contributed by atoms with Crippen LogP contribution < -0.4 is 19.5 Å². The predicted molar refractivity (Wildman–Crippen MR) is 101 cm³/mol. The quantitative estimate of drug-likeness (QED) is 0.693. The molecule has 2 N–H and O–H groups in total. The summed E-state index contributed by atoms with van der Waals surface area (Å²) in [5.41, 5.74) is 1.62. The average Bonchev–Trinajstić information content (AvgIpc) is 2.61. The third kappa shape index (κ3) is 4.59. The van der Waals surface area contributed by atoms with Crippen molar-refractivity contribution >= 4 is 11.6 Å².